The number of nitrogens with zero attached hydrogens (tertiary/aromatic N) is 1. The van der Waals surface area contributed by atoms with E-state index >= 15 is 0 Å². The Hall–Kier alpha value is -2.21. The summed E-state index contributed by atoms with van der Waals surface area (Å²) in [6, 6.07) is 17.3. The van der Waals surface area contributed by atoms with Gasteiger partial charge in [-0.05, 0) is 35.2 Å². The van der Waals surface area contributed by atoms with E-state index in [1.807, 2.05) is 30.3 Å². The Morgan fingerprint density at radius 2 is 1.93 bits per heavy atom. The molecule has 0 aromatic heterocycles. The van der Waals surface area contributed by atoms with E-state index in [1.165, 1.54) is 11.8 Å². The van der Waals surface area contributed by atoms with E-state index in [4.69, 9.17) is 23.2 Å². The van der Waals surface area contributed by atoms with E-state index in [-0.39, 0.29) is 11.7 Å². The third-order valence-corrected chi connectivity index (χ3v) is 5.64. The number of carbonyl (C=O) groups excluding carboxylic acids is 1. The summed E-state index contributed by atoms with van der Waals surface area (Å²) in [5, 5.41) is 10.2. The van der Waals surface area contributed by atoms with E-state index in [9.17, 15) is 4.79 Å². The number of rotatable bonds is 4. The average Bonchev–Trinajstić information content (AvgIpc) is 2.66. The van der Waals surface area contributed by atoms with Gasteiger partial charge < -0.3 is 10.6 Å². The van der Waals surface area contributed by atoms with Crippen LogP contribution < -0.4 is 10.6 Å². The lowest BCUT2D eigenvalue weighted by molar-refractivity contribution is -0.118. The van der Waals surface area contributed by atoms with Crippen molar-refractivity contribution in [1.82, 2.24) is 5.32 Å². The average molecular weight is 416 g/mol. The maximum atomic E-state index is 12.2. The molecule has 4 rings (SSSR count). The van der Waals surface area contributed by atoms with Crippen molar-refractivity contribution < 1.29 is 4.79 Å². The second-order valence-electron chi connectivity index (χ2n) is 6.02. The van der Waals surface area contributed by atoms with E-state index in [0.29, 0.717) is 21.8 Å². The molecule has 3 aromatic carbocycles. The van der Waals surface area contributed by atoms with Crippen molar-refractivity contribution >= 4 is 68.2 Å². The van der Waals surface area contributed by atoms with Crippen molar-refractivity contribution in [1.29, 1.82) is 0 Å². The maximum absolute atomic E-state index is 12.2. The Balaban J connectivity index is 1.38. The Morgan fingerprint density at radius 3 is 2.74 bits per heavy atom. The highest BCUT2D eigenvalue weighted by molar-refractivity contribution is 8.14. The molecule has 0 unspecified atom stereocenters. The van der Waals surface area contributed by atoms with Gasteiger partial charge in [0.25, 0.3) is 0 Å². The van der Waals surface area contributed by atoms with Gasteiger partial charge in [0.05, 0.1) is 17.1 Å². The summed E-state index contributed by atoms with van der Waals surface area (Å²) in [5.41, 5.74) is 2.75. The Labute approximate surface area is 171 Å². The van der Waals surface area contributed by atoms with Gasteiger partial charge in [0.15, 0.2) is 5.17 Å². The van der Waals surface area contributed by atoms with Crippen molar-refractivity contribution in [2.24, 2.45) is 4.99 Å². The first-order valence-corrected chi connectivity index (χ1v) is 10.1. The van der Waals surface area contributed by atoms with Gasteiger partial charge in [-0.3, -0.25) is 4.79 Å². The van der Waals surface area contributed by atoms with Crippen molar-refractivity contribution in [3.05, 3.63) is 70.2 Å². The zero-order chi connectivity index (χ0) is 18.8. The molecule has 2 N–H and O–H groups in total. The normalized spacial score (nSPS) is 12.4. The van der Waals surface area contributed by atoms with E-state index in [0.717, 1.165) is 27.7 Å². The number of thioether (sulfide) groups is 1. The van der Waals surface area contributed by atoms with Gasteiger partial charge in [0, 0.05) is 22.0 Å². The molecule has 7 heteroatoms. The van der Waals surface area contributed by atoms with Crippen LogP contribution in [-0.2, 0) is 11.3 Å². The quantitative estimate of drug-likeness (QED) is 0.581. The summed E-state index contributed by atoms with van der Waals surface area (Å²) in [4.78, 5) is 16.8. The maximum Gasteiger partial charge on any atom is 0.230 e. The van der Waals surface area contributed by atoms with Crippen LogP contribution in [0.3, 0.4) is 0 Å². The number of nitrogens with one attached hydrogen (secondary N) is 2. The van der Waals surface area contributed by atoms with Gasteiger partial charge in [-0.1, -0.05) is 65.3 Å². The lowest BCUT2D eigenvalue weighted by Gasteiger charge is -2.18. The first-order chi connectivity index (χ1) is 13.1. The minimum absolute atomic E-state index is 0.0902. The molecule has 0 spiro atoms. The van der Waals surface area contributed by atoms with Crippen LogP contribution in [0.4, 0.5) is 11.4 Å². The van der Waals surface area contributed by atoms with Crippen LogP contribution in [0.25, 0.3) is 10.8 Å². The van der Waals surface area contributed by atoms with Crippen molar-refractivity contribution in [2.75, 3.05) is 11.1 Å². The van der Waals surface area contributed by atoms with Crippen LogP contribution in [0.5, 0.6) is 0 Å². The number of hydrogen-bond donors (Lipinski definition) is 2. The summed E-state index contributed by atoms with van der Waals surface area (Å²) < 4.78 is 0. The Morgan fingerprint density at radius 1 is 1.11 bits per heavy atom. The fourth-order valence-electron chi connectivity index (χ4n) is 2.88. The van der Waals surface area contributed by atoms with Crippen molar-refractivity contribution in [3.8, 4) is 0 Å². The SMILES string of the molecule is O=C(CSC1=Nc2cccc3cccc(c23)N1)NCc1ccc(Cl)cc1Cl. The minimum atomic E-state index is -0.0902. The third-order valence-electron chi connectivity index (χ3n) is 4.18. The van der Waals surface area contributed by atoms with Crippen molar-refractivity contribution in [2.45, 2.75) is 6.54 Å². The molecule has 136 valence electrons. The van der Waals surface area contributed by atoms with Crippen molar-refractivity contribution in [3.63, 3.8) is 0 Å². The molecule has 0 bridgehead atoms. The summed E-state index contributed by atoms with van der Waals surface area (Å²) in [6.45, 7) is 0.359. The summed E-state index contributed by atoms with van der Waals surface area (Å²) >= 11 is 13.4. The van der Waals surface area contributed by atoms with Gasteiger partial charge in [-0.2, -0.15) is 0 Å². The summed E-state index contributed by atoms with van der Waals surface area (Å²) in [5.74, 6) is 0.169. The first-order valence-electron chi connectivity index (χ1n) is 8.31. The van der Waals surface area contributed by atoms with Crippen LogP contribution in [0.1, 0.15) is 5.56 Å². The van der Waals surface area contributed by atoms with Crippen LogP contribution in [0.2, 0.25) is 10.0 Å². The molecule has 1 amide bonds. The summed E-state index contributed by atoms with van der Waals surface area (Å²) in [6.07, 6.45) is 0. The largest absolute Gasteiger partial charge is 0.351 e. The lowest BCUT2D eigenvalue weighted by atomic mass is 10.1. The number of aliphatic imine (C=N–C) groups is 1. The number of hydrogen-bond acceptors (Lipinski definition) is 4. The van der Waals surface area contributed by atoms with Gasteiger partial charge in [-0.15, -0.1) is 0 Å². The molecule has 1 aliphatic rings. The monoisotopic (exact) mass is 415 g/mol. The molecule has 1 heterocycles. The Bertz CT molecular complexity index is 1060. The van der Waals surface area contributed by atoms with Crippen LogP contribution in [0, 0.1) is 0 Å². The zero-order valence-corrected chi connectivity index (χ0v) is 16.5. The third kappa shape index (κ3) is 4.05. The molecule has 0 fully saturated rings. The van der Waals surface area contributed by atoms with E-state index < -0.39 is 0 Å². The predicted octanol–water partition coefficient (Wildman–Crippen LogP) is 5.61. The molecular weight excluding hydrogens is 401 g/mol. The minimum Gasteiger partial charge on any atom is -0.351 e. The standard InChI is InChI=1S/C20H15Cl2N3OS/c21-14-8-7-13(15(22)9-14)10-23-18(26)11-27-20-24-16-5-1-3-12-4-2-6-17(25-20)19(12)16/h1-9H,10-11H2,(H,23,26)(H,24,25). The van der Waals surface area contributed by atoms with Crippen LogP contribution in [-0.4, -0.2) is 16.8 Å². The molecule has 0 atom stereocenters. The van der Waals surface area contributed by atoms with E-state index in [2.05, 4.69) is 27.8 Å². The molecule has 1 aliphatic heterocycles. The molecule has 3 aromatic rings. The van der Waals surface area contributed by atoms with Crippen LogP contribution in [0.15, 0.2) is 59.6 Å². The van der Waals surface area contributed by atoms with E-state index in [1.54, 1.807) is 12.1 Å². The molecule has 0 radical (unpaired) electrons. The molecule has 27 heavy (non-hydrogen) atoms. The Kier molecular flexibility index (Phi) is 5.25. The van der Waals surface area contributed by atoms with Gasteiger partial charge >= 0.3 is 0 Å². The number of carbonyl (C=O) groups is 1. The number of halogens is 2. The number of amidine groups is 1. The molecule has 0 aliphatic carbocycles. The second-order valence-corrected chi connectivity index (χ2v) is 7.83. The highest BCUT2D eigenvalue weighted by Crippen LogP contribution is 2.36. The first kappa shape index (κ1) is 18.2. The number of amides is 1. The van der Waals surface area contributed by atoms with Gasteiger partial charge in [-0.25, -0.2) is 4.99 Å². The van der Waals surface area contributed by atoms with Crippen LogP contribution >= 0.6 is 35.0 Å². The molecular formula is C20H15Cl2N3OS. The fourth-order valence-corrected chi connectivity index (χ4v) is 4.07. The highest BCUT2D eigenvalue weighted by atomic mass is 35.5. The fraction of sp³-hybridized carbons (Fsp3) is 0.100. The number of anilines is 1. The molecule has 0 saturated heterocycles. The zero-order valence-electron chi connectivity index (χ0n) is 14.1. The molecule has 0 saturated carbocycles. The highest BCUT2D eigenvalue weighted by Gasteiger charge is 2.15. The smallest absolute Gasteiger partial charge is 0.230 e. The molecule has 4 nitrogen and oxygen atoms in total. The predicted molar refractivity (Wildman–Crippen MR) is 115 cm³/mol. The van der Waals surface area contributed by atoms with Gasteiger partial charge in [0.1, 0.15) is 0 Å². The van der Waals surface area contributed by atoms with Gasteiger partial charge in [0.2, 0.25) is 5.91 Å². The number of benzene rings is 3. The second kappa shape index (κ2) is 7.80. The summed E-state index contributed by atoms with van der Waals surface area (Å²) in [7, 11) is 0. The lowest BCUT2D eigenvalue weighted by Crippen LogP contribution is -2.26. The topological polar surface area (TPSA) is 53.5 Å².